The second-order valence-corrected chi connectivity index (χ2v) is 4.88. The standard InChI is InChI=1S/C15H25NO2/c1-12-5-4-6-14(11-12)18-10-8-15(16)13(2)7-9-17-3/h4-6,11,13,15H,7-10,16H2,1-3H3. The summed E-state index contributed by atoms with van der Waals surface area (Å²) in [6.07, 6.45) is 1.88. The minimum atomic E-state index is 0.171. The van der Waals surface area contributed by atoms with Gasteiger partial charge in [-0.15, -0.1) is 0 Å². The number of hydrogen-bond acceptors (Lipinski definition) is 3. The third-order valence-electron chi connectivity index (χ3n) is 3.22. The van der Waals surface area contributed by atoms with Gasteiger partial charge in [0.2, 0.25) is 0 Å². The summed E-state index contributed by atoms with van der Waals surface area (Å²) in [6, 6.07) is 8.26. The number of methoxy groups -OCH3 is 1. The molecule has 0 radical (unpaired) electrons. The lowest BCUT2D eigenvalue weighted by molar-refractivity contribution is 0.170. The predicted octanol–water partition coefficient (Wildman–Crippen LogP) is 2.76. The first-order valence-electron chi connectivity index (χ1n) is 6.57. The molecule has 0 saturated carbocycles. The zero-order valence-corrected chi connectivity index (χ0v) is 11.7. The molecule has 0 aliphatic carbocycles. The van der Waals surface area contributed by atoms with E-state index in [-0.39, 0.29) is 6.04 Å². The first-order valence-corrected chi connectivity index (χ1v) is 6.57. The number of rotatable bonds is 8. The Hall–Kier alpha value is -1.06. The summed E-state index contributed by atoms with van der Waals surface area (Å²) in [5, 5.41) is 0. The highest BCUT2D eigenvalue weighted by molar-refractivity contribution is 5.27. The fourth-order valence-electron chi connectivity index (χ4n) is 1.82. The van der Waals surface area contributed by atoms with Gasteiger partial charge in [0.25, 0.3) is 0 Å². The van der Waals surface area contributed by atoms with Crippen molar-refractivity contribution in [2.45, 2.75) is 32.7 Å². The van der Waals surface area contributed by atoms with Crippen LogP contribution in [0.25, 0.3) is 0 Å². The molecule has 0 aliphatic rings. The zero-order chi connectivity index (χ0) is 13.4. The summed E-state index contributed by atoms with van der Waals surface area (Å²) in [7, 11) is 1.72. The van der Waals surface area contributed by atoms with Gasteiger partial charge in [-0.25, -0.2) is 0 Å². The van der Waals surface area contributed by atoms with Gasteiger partial charge in [-0.3, -0.25) is 0 Å². The molecule has 2 N–H and O–H groups in total. The molecule has 1 aromatic rings. The molecule has 0 heterocycles. The van der Waals surface area contributed by atoms with Crippen molar-refractivity contribution in [3.63, 3.8) is 0 Å². The van der Waals surface area contributed by atoms with Gasteiger partial charge >= 0.3 is 0 Å². The maximum Gasteiger partial charge on any atom is 0.119 e. The number of aryl methyl sites for hydroxylation is 1. The topological polar surface area (TPSA) is 44.5 Å². The quantitative estimate of drug-likeness (QED) is 0.772. The third kappa shape index (κ3) is 5.52. The van der Waals surface area contributed by atoms with Crippen molar-refractivity contribution in [1.82, 2.24) is 0 Å². The van der Waals surface area contributed by atoms with Crippen LogP contribution >= 0.6 is 0 Å². The first-order chi connectivity index (χ1) is 8.63. The third-order valence-corrected chi connectivity index (χ3v) is 3.22. The van der Waals surface area contributed by atoms with Gasteiger partial charge in [0, 0.05) is 19.8 Å². The predicted molar refractivity (Wildman–Crippen MR) is 74.9 cm³/mol. The van der Waals surface area contributed by atoms with E-state index in [1.807, 2.05) is 18.2 Å². The Bertz CT molecular complexity index is 341. The lowest BCUT2D eigenvalue weighted by atomic mass is 9.97. The molecule has 1 aromatic carbocycles. The van der Waals surface area contributed by atoms with Crippen LogP contribution in [0.4, 0.5) is 0 Å². The highest BCUT2D eigenvalue weighted by Gasteiger charge is 2.12. The lowest BCUT2D eigenvalue weighted by Gasteiger charge is -2.19. The van der Waals surface area contributed by atoms with Crippen molar-refractivity contribution >= 4 is 0 Å². The molecule has 0 aromatic heterocycles. The second kappa shape index (κ2) is 8.11. The van der Waals surface area contributed by atoms with E-state index in [1.54, 1.807) is 7.11 Å². The molecule has 1 rings (SSSR count). The Kier molecular flexibility index (Phi) is 6.76. The molecule has 0 fully saturated rings. The van der Waals surface area contributed by atoms with Crippen molar-refractivity contribution in [3.05, 3.63) is 29.8 Å². The Balaban J connectivity index is 2.24. The van der Waals surface area contributed by atoms with Gasteiger partial charge in [-0.1, -0.05) is 19.1 Å². The molecule has 0 amide bonds. The summed E-state index contributed by atoms with van der Waals surface area (Å²) < 4.78 is 10.8. The van der Waals surface area contributed by atoms with Gasteiger partial charge in [-0.2, -0.15) is 0 Å². The van der Waals surface area contributed by atoms with Crippen LogP contribution in [0.3, 0.4) is 0 Å². The van der Waals surface area contributed by atoms with Crippen molar-refractivity contribution in [2.75, 3.05) is 20.3 Å². The highest BCUT2D eigenvalue weighted by Crippen LogP contribution is 2.14. The van der Waals surface area contributed by atoms with E-state index in [0.717, 1.165) is 25.2 Å². The molecule has 102 valence electrons. The average molecular weight is 251 g/mol. The second-order valence-electron chi connectivity index (χ2n) is 4.88. The van der Waals surface area contributed by atoms with E-state index >= 15 is 0 Å². The number of benzene rings is 1. The van der Waals surface area contributed by atoms with Crippen molar-refractivity contribution < 1.29 is 9.47 Å². The molecule has 3 nitrogen and oxygen atoms in total. The van der Waals surface area contributed by atoms with Crippen molar-refractivity contribution in [1.29, 1.82) is 0 Å². The van der Waals surface area contributed by atoms with Gasteiger partial charge in [-0.05, 0) is 43.4 Å². The van der Waals surface area contributed by atoms with Gasteiger partial charge in [0.1, 0.15) is 5.75 Å². The van der Waals surface area contributed by atoms with E-state index < -0.39 is 0 Å². The average Bonchev–Trinajstić information content (AvgIpc) is 2.35. The van der Waals surface area contributed by atoms with Gasteiger partial charge in [0.05, 0.1) is 6.61 Å². The Morgan fingerprint density at radius 3 is 2.67 bits per heavy atom. The van der Waals surface area contributed by atoms with E-state index in [0.29, 0.717) is 12.5 Å². The maximum atomic E-state index is 6.12. The van der Waals surface area contributed by atoms with E-state index in [4.69, 9.17) is 15.2 Å². The van der Waals surface area contributed by atoms with Crippen LogP contribution in [0.15, 0.2) is 24.3 Å². The summed E-state index contributed by atoms with van der Waals surface area (Å²) in [5.41, 5.74) is 7.33. The molecule has 3 heteroatoms. The van der Waals surface area contributed by atoms with Crippen LogP contribution in [0.2, 0.25) is 0 Å². The minimum Gasteiger partial charge on any atom is -0.494 e. The molecule has 0 spiro atoms. The van der Waals surface area contributed by atoms with Crippen LogP contribution in [0.1, 0.15) is 25.3 Å². The van der Waals surface area contributed by atoms with Gasteiger partial charge in [0.15, 0.2) is 0 Å². The van der Waals surface area contributed by atoms with Crippen molar-refractivity contribution in [2.24, 2.45) is 11.7 Å². The minimum absolute atomic E-state index is 0.171. The normalized spacial score (nSPS) is 14.2. The molecule has 18 heavy (non-hydrogen) atoms. The lowest BCUT2D eigenvalue weighted by Crippen LogP contribution is -2.30. The number of ether oxygens (including phenoxy) is 2. The fraction of sp³-hybridized carbons (Fsp3) is 0.600. The fourth-order valence-corrected chi connectivity index (χ4v) is 1.82. The smallest absolute Gasteiger partial charge is 0.119 e. The molecule has 0 saturated heterocycles. The zero-order valence-electron chi connectivity index (χ0n) is 11.7. The Morgan fingerprint density at radius 1 is 1.22 bits per heavy atom. The molecule has 2 unspecified atom stereocenters. The van der Waals surface area contributed by atoms with E-state index in [2.05, 4.69) is 19.9 Å². The van der Waals surface area contributed by atoms with Crippen LogP contribution < -0.4 is 10.5 Å². The molecular formula is C15H25NO2. The SMILES string of the molecule is COCCC(C)C(N)CCOc1cccc(C)c1. The van der Waals surface area contributed by atoms with E-state index in [9.17, 15) is 0 Å². The Labute approximate surface area is 110 Å². The molecule has 0 aliphatic heterocycles. The summed E-state index contributed by atoms with van der Waals surface area (Å²) >= 11 is 0. The van der Waals surface area contributed by atoms with Crippen LogP contribution in [-0.4, -0.2) is 26.4 Å². The van der Waals surface area contributed by atoms with E-state index in [1.165, 1.54) is 5.56 Å². The maximum absolute atomic E-state index is 6.12. The summed E-state index contributed by atoms with van der Waals surface area (Å²) in [6.45, 7) is 5.66. The largest absolute Gasteiger partial charge is 0.494 e. The van der Waals surface area contributed by atoms with Crippen LogP contribution in [0.5, 0.6) is 5.75 Å². The number of hydrogen-bond donors (Lipinski definition) is 1. The summed E-state index contributed by atoms with van der Waals surface area (Å²) in [4.78, 5) is 0. The van der Waals surface area contributed by atoms with Crippen LogP contribution in [-0.2, 0) is 4.74 Å². The van der Waals surface area contributed by atoms with Gasteiger partial charge < -0.3 is 15.2 Å². The molecule has 0 bridgehead atoms. The highest BCUT2D eigenvalue weighted by atomic mass is 16.5. The monoisotopic (exact) mass is 251 g/mol. The Morgan fingerprint density at radius 2 is 2.00 bits per heavy atom. The van der Waals surface area contributed by atoms with Crippen molar-refractivity contribution in [3.8, 4) is 5.75 Å². The molecular weight excluding hydrogens is 226 g/mol. The number of nitrogens with two attached hydrogens (primary N) is 1. The van der Waals surface area contributed by atoms with Crippen LogP contribution in [0, 0.1) is 12.8 Å². The first kappa shape index (κ1) is 15.0. The summed E-state index contributed by atoms with van der Waals surface area (Å²) in [5.74, 6) is 1.39. The molecule has 2 atom stereocenters.